The van der Waals surface area contributed by atoms with E-state index in [2.05, 4.69) is 10.6 Å². The zero-order valence-corrected chi connectivity index (χ0v) is 18.6. The van der Waals surface area contributed by atoms with Gasteiger partial charge >= 0.3 is 6.18 Å². The second-order valence-corrected chi connectivity index (χ2v) is 8.10. The number of halogens is 3. The first-order chi connectivity index (χ1) is 16.4. The Labute approximate surface area is 195 Å². The second kappa shape index (κ2) is 10.9. The molecular formula is C24H26F3N3O4. The van der Waals surface area contributed by atoms with E-state index in [9.17, 15) is 18.0 Å². The van der Waals surface area contributed by atoms with E-state index in [-0.39, 0.29) is 19.1 Å². The van der Waals surface area contributed by atoms with Crippen LogP contribution in [0.3, 0.4) is 0 Å². The summed E-state index contributed by atoms with van der Waals surface area (Å²) < 4.78 is 49.0. The van der Waals surface area contributed by atoms with Crippen molar-refractivity contribution in [3.05, 3.63) is 64.7 Å². The van der Waals surface area contributed by atoms with Crippen molar-refractivity contribution in [3.63, 3.8) is 0 Å². The molecule has 0 atom stereocenters. The predicted octanol–water partition coefficient (Wildman–Crippen LogP) is 3.70. The van der Waals surface area contributed by atoms with Crippen LogP contribution in [0, 0.1) is 0 Å². The molecule has 182 valence electrons. The average molecular weight is 477 g/mol. The van der Waals surface area contributed by atoms with Crippen molar-refractivity contribution in [3.8, 4) is 5.75 Å². The van der Waals surface area contributed by atoms with Crippen LogP contribution in [0.4, 0.5) is 13.2 Å². The number of hydrogen-bond donors (Lipinski definition) is 1. The molecular weight excluding hydrogens is 451 g/mol. The Kier molecular flexibility index (Phi) is 7.69. The number of ether oxygens (including phenoxy) is 2. The Bertz CT molecular complexity index is 1020. The number of hydrogen-bond acceptors (Lipinski definition) is 6. The first-order valence-electron chi connectivity index (χ1n) is 11.1. The predicted molar refractivity (Wildman–Crippen MR) is 118 cm³/mol. The fraction of sp³-hybridized carbons (Fsp3) is 0.417. The van der Waals surface area contributed by atoms with Crippen LogP contribution >= 0.6 is 0 Å². The first-order valence-corrected chi connectivity index (χ1v) is 11.1. The highest BCUT2D eigenvalue weighted by Gasteiger charge is 2.30. The summed E-state index contributed by atoms with van der Waals surface area (Å²) in [6.45, 7) is 2.46. The van der Waals surface area contributed by atoms with Crippen molar-refractivity contribution in [2.75, 3.05) is 32.9 Å². The van der Waals surface area contributed by atoms with Gasteiger partial charge in [-0.25, -0.2) is 5.01 Å². The molecule has 0 radical (unpaired) electrons. The molecule has 1 heterocycles. The van der Waals surface area contributed by atoms with Gasteiger partial charge in [-0.2, -0.15) is 13.2 Å². The second-order valence-electron chi connectivity index (χ2n) is 8.10. The molecule has 1 saturated heterocycles. The molecule has 10 heteroatoms. The van der Waals surface area contributed by atoms with Gasteiger partial charge < -0.3 is 14.3 Å². The molecule has 7 nitrogen and oxygen atoms in total. The average Bonchev–Trinajstić information content (AvgIpc) is 2.83. The van der Waals surface area contributed by atoms with Crippen molar-refractivity contribution >= 4 is 11.6 Å². The van der Waals surface area contributed by atoms with E-state index in [4.69, 9.17) is 14.3 Å². The van der Waals surface area contributed by atoms with Crippen molar-refractivity contribution in [1.82, 2.24) is 10.4 Å². The molecule has 4 rings (SSSR count). The number of nitrogens with one attached hydrogen (secondary N) is 1. The molecule has 1 N–H and O–H groups in total. The van der Waals surface area contributed by atoms with Crippen LogP contribution in [-0.2, 0) is 33.6 Å². The van der Waals surface area contributed by atoms with E-state index in [1.54, 1.807) is 6.07 Å². The van der Waals surface area contributed by atoms with Gasteiger partial charge in [0.1, 0.15) is 12.4 Å². The van der Waals surface area contributed by atoms with E-state index in [1.807, 2.05) is 17.1 Å². The Hall–Kier alpha value is -3.11. The molecule has 0 spiro atoms. The summed E-state index contributed by atoms with van der Waals surface area (Å²) in [6.07, 6.45) is -1.89. The Morgan fingerprint density at radius 3 is 2.59 bits per heavy atom. The van der Waals surface area contributed by atoms with Crippen LogP contribution in [0.5, 0.6) is 5.75 Å². The monoisotopic (exact) mass is 477 g/mol. The molecule has 1 amide bonds. The van der Waals surface area contributed by atoms with E-state index in [0.717, 1.165) is 48.2 Å². The third-order valence-corrected chi connectivity index (χ3v) is 5.60. The minimum Gasteiger partial charge on any atom is -0.484 e. The van der Waals surface area contributed by atoms with Crippen molar-refractivity contribution in [1.29, 1.82) is 0 Å². The topological polar surface area (TPSA) is 72.4 Å². The molecule has 2 aromatic rings. The van der Waals surface area contributed by atoms with Crippen LogP contribution in [0.15, 0.2) is 47.6 Å². The number of hydrazine groups is 1. The molecule has 0 bridgehead atoms. The molecule has 1 fully saturated rings. The normalized spacial score (nSPS) is 17.8. The van der Waals surface area contributed by atoms with Gasteiger partial charge in [-0.05, 0) is 60.7 Å². The molecule has 2 aromatic carbocycles. The standard InChI is InChI=1S/C24H26F3N3O4/c25-24(26,27)19-6-4-17(5-7-19)15-34-29-22-3-1-2-18-14-20(8-9-21(18)22)33-16-23(31)28-30-10-12-32-13-11-30/h4-9,14H,1-3,10-13,15-16H2,(H,28,31)/b29-22-. The molecule has 0 saturated carbocycles. The van der Waals surface area contributed by atoms with Crippen LogP contribution in [0.25, 0.3) is 0 Å². The molecule has 34 heavy (non-hydrogen) atoms. The van der Waals surface area contributed by atoms with Gasteiger partial charge in [-0.15, -0.1) is 0 Å². The highest BCUT2D eigenvalue weighted by Crippen LogP contribution is 2.29. The zero-order chi connectivity index (χ0) is 24.0. The summed E-state index contributed by atoms with van der Waals surface area (Å²) in [5.41, 5.74) is 5.49. The van der Waals surface area contributed by atoms with Gasteiger partial charge in [0, 0.05) is 18.7 Å². The maximum atomic E-state index is 12.7. The van der Waals surface area contributed by atoms with E-state index < -0.39 is 11.7 Å². The molecule has 1 aliphatic heterocycles. The number of oxime groups is 1. The fourth-order valence-electron chi connectivity index (χ4n) is 3.83. The number of aryl methyl sites for hydroxylation is 1. The lowest BCUT2D eigenvalue weighted by molar-refractivity contribution is -0.137. The third-order valence-electron chi connectivity index (χ3n) is 5.60. The summed E-state index contributed by atoms with van der Waals surface area (Å²) in [6, 6.07) is 10.4. The van der Waals surface area contributed by atoms with Gasteiger partial charge in [-0.3, -0.25) is 10.2 Å². The number of amides is 1. The fourth-order valence-corrected chi connectivity index (χ4v) is 3.83. The maximum Gasteiger partial charge on any atom is 0.416 e. The lowest BCUT2D eigenvalue weighted by Crippen LogP contribution is -2.49. The number of carbonyl (C=O) groups is 1. The number of rotatable bonds is 7. The Balaban J connectivity index is 1.31. The summed E-state index contributed by atoms with van der Waals surface area (Å²) in [5, 5.41) is 6.05. The number of fused-ring (bicyclic) bond motifs is 1. The van der Waals surface area contributed by atoms with Crippen LogP contribution in [-0.4, -0.2) is 49.5 Å². The molecule has 2 aliphatic rings. The quantitative estimate of drug-likeness (QED) is 0.616. The smallest absolute Gasteiger partial charge is 0.416 e. The van der Waals surface area contributed by atoms with E-state index >= 15 is 0 Å². The number of carbonyl (C=O) groups excluding carboxylic acids is 1. The minimum absolute atomic E-state index is 0.0798. The summed E-state index contributed by atoms with van der Waals surface area (Å²) in [7, 11) is 0. The molecule has 0 aromatic heterocycles. The van der Waals surface area contributed by atoms with Gasteiger partial charge in [0.05, 0.1) is 24.5 Å². The SMILES string of the molecule is O=C(COc1ccc2c(c1)CCC/C2=N/OCc1ccc(C(F)(F)F)cc1)NN1CCOCC1. The van der Waals surface area contributed by atoms with Gasteiger partial charge in [-0.1, -0.05) is 17.3 Å². The number of morpholine rings is 1. The lowest BCUT2D eigenvalue weighted by atomic mass is 9.90. The summed E-state index contributed by atoms with van der Waals surface area (Å²) >= 11 is 0. The van der Waals surface area contributed by atoms with Gasteiger partial charge in [0.2, 0.25) is 0 Å². The van der Waals surface area contributed by atoms with Crippen molar-refractivity contribution in [2.24, 2.45) is 5.16 Å². The first kappa shape index (κ1) is 24.0. The third kappa shape index (κ3) is 6.48. The Morgan fingerprint density at radius 2 is 1.85 bits per heavy atom. The van der Waals surface area contributed by atoms with Crippen molar-refractivity contribution in [2.45, 2.75) is 32.0 Å². The van der Waals surface area contributed by atoms with E-state index in [0.29, 0.717) is 37.6 Å². The van der Waals surface area contributed by atoms with E-state index in [1.165, 1.54) is 12.1 Å². The van der Waals surface area contributed by atoms with Crippen LogP contribution in [0.1, 0.15) is 35.1 Å². The number of nitrogens with zero attached hydrogens (tertiary/aromatic N) is 2. The number of alkyl halides is 3. The maximum absolute atomic E-state index is 12.7. The largest absolute Gasteiger partial charge is 0.484 e. The summed E-state index contributed by atoms with van der Waals surface area (Å²) in [4.78, 5) is 17.6. The summed E-state index contributed by atoms with van der Waals surface area (Å²) in [5.74, 6) is 0.376. The highest BCUT2D eigenvalue weighted by molar-refractivity contribution is 6.02. The van der Waals surface area contributed by atoms with Crippen molar-refractivity contribution < 1.29 is 32.3 Å². The van der Waals surface area contributed by atoms with Gasteiger partial charge in [0.25, 0.3) is 5.91 Å². The zero-order valence-electron chi connectivity index (χ0n) is 18.6. The molecule has 0 unspecified atom stereocenters. The van der Waals surface area contributed by atoms with Gasteiger partial charge in [0.15, 0.2) is 6.61 Å². The minimum atomic E-state index is -4.36. The Morgan fingerprint density at radius 1 is 1.09 bits per heavy atom. The van der Waals surface area contributed by atoms with Crippen LogP contribution in [0.2, 0.25) is 0 Å². The number of benzene rings is 2. The molecule has 1 aliphatic carbocycles. The lowest BCUT2D eigenvalue weighted by Gasteiger charge is -2.26. The highest BCUT2D eigenvalue weighted by atomic mass is 19.4. The van der Waals surface area contributed by atoms with Crippen LogP contribution < -0.4 is 10.2 Å².